The maximum atomic E-state index is 13.0. The van der Waals surface area contributed by atoms with Gasteiger partial charge in [0.05, 0.1) is 17.8 Å². The molecule has 0 saturated carbocycles. The van der Waals surface area contributed by atoms with Gasteiger partial charge in [-0.05, 0) is 42.2 Å². The van der Waals surface area contributed by atoms with E-state index in [0.717, 1.165) is 53.1 Å². The maximum absolute atomic E-state index is 13.0. The average Bonchev–Trinajstić information content (AvgIpc) is 3.36. The van der Waals surface area contributed by atoms with Crippen LogP contribution in [0.4, 0.5) is 4.79 Å². The Kier molecular flexibility index (Phi) is 7.29. The predicted octanol–water partition coefficient (Wildman–Crippen LogP) is 5.75. The van der Waals surface area contributed by atoms with Gasteiger partial charge in [-0.15, -0.1) is 0 Å². The zero-order valence-corrected chi connectivity index (χ0v) is 24.0. The Balaban J connectivity index is 1.24. The lowest BCUT2D eigenvalue weighted by molar-refractivity contribution is 0.0857. The van der Waals surface area contributed by atoms with Crippen LogP contribution in [0.15, 0.2) is 48.9 Å². The lowest BCUT2D eigenvalue weighted by atomic mass is 9.94. The number of hydrogen-bond acceptors (Lipinski definition) is 5. The standard InChI is InChI=1S/C30H39N5O3S/c1-22(2)28-32-26(24-10-7-12-33(18-24)30(36)38-19-23-8-5-4-6-9-23)27-25-11-13-34(29(25)31-20-35(27)28)21-37-14-15-39(3)16-17-39/h4-6,8-9,11,13,20,22,24H,7,10,12,14-19,21H2,1-3H3. The second-order valence-electron chi connectivity index (χ2n) is 11.4. The van der Waals surface area contributed by atoms with E-state index in [1.165, 1.54) is 17.3 Å². The minimum Gasteiger partial charge on any atom is -0.445 e. The van der Waals surface area contributed by atoms with Crippen LogP contribution in [0, 0.1) is 0 Å². The zero-order chi connectivity index (χ0) is 27.0. The summed E-state index contributed by atoms with van der Waals surface area (Å²) in [6.45, 7) is 7.24. The molecule has 2 fully saturated rings. The lowest BCUT2D eigenvalue weighted by Crippen LogP contribution is -2.39. The zero-order valence-electron chi connectivity index (χ0n) is 23.2. The van der Waals surface area contributed by atoms with Crippen LogP contribution in [-0.4, -0.2) is 73.1 Å². The second kappa shape index (κ2) is 10.8. The Hall–Kier alpha value is -3.04. The van der Waals surface area contributed by atoms with Crippen molar-refractivity contribution in [1.29, 1.82) is 0 Å². The van der Waals surface area contributed by atoms with Crippen LogP contribution in [0.5, 0.6) is 0 Å². The number of likely N-dealkylation sites (tertiary alicyclic amines) is 1. The highest BCUT2D eigenvalue weighted by Crippen LogP contribution is 2.57. The van der Waals surface area contributed by atoms with Crippen molar-refractivity contribution in [2.75, 3.05) is 43.2 Å². The third-order valence-electron chi connectivity index (χ3n) is 8.09. The molecular weight excluding hydrogens is 510 g/mol. The number of nitrogens with zero attached hydrogens (tertiary/aromatic N) is 5. The van der Waals surface area contributed by atoms with Gasteiger partial charge in [0.1, 0.15) is 31.1 Å². The second-order valence-corrected chi connectivity index (χ2v) is 15.6. The first-order chi connectivity index (χ1) is 18.9. The van der Waals surface area contributed by atoms with E-state index in [1.807, 2.05) is 41.6 Å². The molecule has 0 bridgehead atoms. The van der Waals surface area contributed by atoms with E-state index >= 15 is 0 Å². The van der Waals surface area contributed by atoms with Gasteiger partial charge in [-0.1, -0.05) is 44.2 Å². The highest BCUT2D eigenvalue weighted by molar-refractivity contribution is 8.38. The third-order valence-corrected chi connectivity index (χ3v) is 11.0. The smallest absolute Gasteiger partial charge is 0.410 e. The molecule has 0 N–H and O–H groups in total. The fraction of sp³-hybridized carbons (Fsp3) is 0.500. The summed E-state index contributed by atoms with van der Waals surface area (Å²) in [5.74, 6) is 5.38. The van der Waals surface area contributed by atoms with E-state index < -0.39 is 0 Å². The molecule has 2 aliphatic rings. The molecule has 0 radical (unpaired) electrons. The summed E-state index contributed by atoms with van der Waals surface area (Å²) in [6.07, 6.45) is 8.05. The molecule has 39 heavy (non-hydrogen) atoms. The van der Waals surface area contributed by atoms with Crippen LogP contribution in [0.3, 0.4) is 0 Å². The normalized spacial score (nSPS) is 19.6. The van der Waals surface area contributed by atoms with Crippen molar-refractivity contribution in [3.8, 4) is 0 Å². The van der Waals surface area contributed by atoms with Gasteiger partial charge in [0.25, 0.3) is 0 Å². The van der Waals surface area contributed by atoms with Crippen LogP contribution >= 0.6 is 10.0 Å². The molecular formula is C30H39N5O3S. The van der Waals surface area contributed by atoms with Crippen LogP contribution < -0.4 is 0 Å². The van der Waals surface area contributed by atoms with Gasteiger partial charge < -0.3 is 18.9 Å². The fourth-order valence-corrected chi connectivity index (χ4v) is 7.57. The van der Waals surface area contributed by atoms with E-state index in [9.17, 15) is 4.79 Å². The number of ether oxygens (including phenoxy) is 2. The molecule has 8 nitrogen and oxygen atoms in total. The summed E-state index contributed by atoms with van der Waals surface area (Å²) < 4.78 is 16.0. The number of hydrogen-bond donors (Lipinski definition) is 0. The number of benzene rings is 1. The van der Waals surface area contributed by atoms with Gasteiger partial charge in [0.15, 0.2) is 0 Å². The van der Waals surface area contributed by atoms with E-state index in [2.05, 4.69) is 41.3 Å². The topological polar surface area (TPSA) is 73.9 Å². The first-order valence-corrected chi connectivity index (χ1v) is 16.6. The van der Waals surface area contributed by atoms with Gasteiger partial charge in [0, 0.05) is 42.3 Å². The quantitative estimate of drug-likeness (QED) is 0.196. The Morgan fingerprint density at radius 2 is 2.00 bits per heavy atom. The molecule has 5 heterocycles. The first kappa shape index (κ1) is 26.2. The molecule has 2 aliphatic heterocycles. The van der Waals surface area contributed by atoms with E-state index in [-0.39, 0.29) is 34.6 Å². The van der Waals surface area contributed by atoms with Gasteiger partial charge in [-0.25, -0.2) is 24.8 Å². The van der Waals surface area contributed by atoms with Crippen molar-refractivity contribution < 1.29 is 14.3 Å². The Labute approximate surface area is 231 Å². The summed E-state index contributed by atoms with van der Waals surface area (Å²) in [4.78, 5) is 24.8. The Morgan fingerprint density at radius 1 is 1.18 bits per heavy atom. The van der Waals surface area contributed by atoms with Gasteiger partial charge in [-0.2, -0.15) is 0 Å². The van der Waals surface area contributed by atoms with Gasteiger partial charge in [0.2, 0.25) is 0 Å². The number of rotatable bonds is 9. The number of imidazole rings is 1. The monoisotopic (exact) mass is 549 g/mol. The predicted molar refractivity (Wildman–Crippen MR) is 157 cm³/mol. The number of aromatic nitrogens is 4. The van der Waals surface area contributed by atoms with E-state index in [0.29, 0.717) is 19.8 Å². The molecule has 2 saturated heterocycles. The number of carbonyl (C=O) groups excluding carboxylic acids is 1. The first-order valence-electron chi connectivity index (χ1n) is 14.0. The van der Waals surface area contributed by atoms with Crippen molar-refractivity contribution in [2.24, 2.45) is 0 Å². The molecule has 1 amide bonds. The average molecular weight is 550 g/mol. The van der Waals surface area contributed by atoms with E-state index in [1.54, 1.807) is 0 Å². The van der Waals surface area contributed by atoms with Crippen LogP contribution in [-0.2, 0) is 22.8 Å². The van der Waals surface area contributed by atoms with Crippen LogP contribution in [0.2, 0.25) is 0 Å². The molecule has 1 aromatic carbocycles. The summed E-state index contributed by atoms with van der Waals surface area (Å²) in [5, 5.41) is 1.08. The molecule has 9 heteroatoms. The molecule has 1 unspecified atom stereocenters. The van der Waals surface area contributed by atoms with Crippen molar-refractivity contribution in [3.05, 3.63) is 66.0 Å². The Morgan fingerprint density at radius 3 is 2.77 bits per heavy atom. The number of fused-ring (bicyclic) bond motifs is 3. The largest absolute Gasteiger partial charge is 0.445 e. The fourth-order valence-electron chi connectivity index (χ4n) is 5.50. The van der Waals surface area contributed by atoms with Crippen molar-refractivity contribution in [2.45, 2.75) is 51.9 Å². The van der Waals surface area contributed by atoms with Crippen LogP contribution in [0.25, 0.3) is 16.6 Å². The number of carbonyl (C=O) groups is 1. The van der Waals surface area contributed by atoms with E-state index in [4.69, 9.17) is 19.4 Å². The van der Waals surface area contributed by atoms with Gasteiger partial charge in [-0.3, -0.25) is 4.40 Å². The summed E-state index contributed by atoms with van der Waals surface area (Å²) in [5.41, 5.74) is 4.06. The minimum atomic E-state index is -0.337. The SMILES string of the molecule is CC(C)c1nc(C2CCCN(C(=O)OCc3ccccc3)C2)c2c3ccn(COCCS4(C)CC4)c3ncn12. The number of amides is 1. The third kappa shape index (κ3) is 5.52. The highest BCUT2D eigenvalue weighted by Gasteiger charge is 2.31. The molecule has 4 aromatic rings. The molecule has 6 rings (SSSR count). The summed E-state index contributed by atoms with van der Waals surface area (Å²) in [6, 6.07) is 12.0. The minimum absolute atomic E-state index is 0.137. The Bertz CT molecular complexity index is 1460. The molecule has 0 aliphatic carbocycles. The van der Waals surface area contributed by atoms with Crippen molar-refractivity contribution in [1.82, 2.24) is 23.8 Å². The lowest BCUT2D eigenvalue weighted by Gasteiger charge is -2.31. The summed E-state index contributed by atoms with van der Waals surface area (Å²) >= 11 is 0. The molecule has 1 atom stereocenters. The molecule has 3 aromatic heterocycles. The molecule has 208 valence electrons. The molecule has 0 spiro atoms. The van der Waals surface area contributed by atoms with Crippen molar-refractivity contribution >= 4 is 32.7 Å². The maximum Gasteiger partial charge on any atom is 0.410 e. The van der Waals surface area contributed by atoms with Gasteiger partial charge >= 0.3 is 6.09 Å². The number of piperidine rings is 1. The highest BCUT2D eigenvalue weighted by atomic mass is 32.3. The van der Waals surface area contributed by atoms with Crippen molar-refractivity contribution in [3.63, 3.8) is 0 Å². The van der Waals surface area contributed by atoms with Crippen LogP contribution in [0.1, 0.15) is 55.6 Å². The summed E-state index contributed by atoms with van der Waals surface area (Å²) in [7, 11) is -0.337.